The van der Waals surface area contributed by atoms with Gasteiger partial charge in [0.1, 0.15) is 36.9 Å². The summed E-state index contributed by atoms with van der Waals surface area (Å²) in [7, 11) is -0.941. The van der Waals surface area contributed by atoms with E-state index >= 15 is 0 Å². The molecule has 4 heterocycles. The Balaban J connectivity index is 1.64. The summed E-state index contributed by atoms with van der Waals surface area (Å²) in [5, 5.41) is 4.26. The zero-order chi connectivity index (χ0) is 22.3. The molecule has 14 heteroatoms. The molecule has 2 aromatic rings. The normalized spacial score (nSPS) is 29.4. The number of nitrogens with zero attached hydrogens (tertiary/aromatic N) is 3. The maximum absolute atomic E-state index is 7.28. The first-order valence-electron chi connectivity index (χ1n) is 9.81. The molecule has 0 spiro atoms. The molecule has 2 aliphatic heterocycles. The molecule has 5 unspecified atom stereocenters. The Kier molecular flexibility index (Phi) is 6.62. The molecule has 2 saturated heterocycles. The number of halogens is 3. The first-order valence-corrected chi connectivity index (χ1v) is 15.1. The Morgan fingerprint density at radius 1 is 1.55 bits per heavy atom. The Labute approximate surface area is 210 Å². The molecule has 5 atom stereocenters. The van der Waals surface area contributed by atoms with Crippen molar-refractivity contribution in [3.8, 4) is 0 Å². The summed E-state index contributed by atoms with van der Waals surface area (Å²) in [6, 6.07) is 0. The molecule has 0 amide bonds. The van der Waals surface area contributed by atoms with E-state index in [0.717, 1.165) is 21.0 Å². The predicted molar refractivity (Wildman–Crippen MR) is 136 cm³/mol. The van der Waals surface area contributed by atoms with Crippen LogP contribution in [0.4, 0.5) is 5.95 Å². The van der Waals surface area contributed by atoms with E-state index < -0.39 is 19.8 Å². The van der Waals surface area contributed by atoms with Crippen LogP contribution < -0.4 is 5.09 Å². The highest BCUT2D eigenvalue weighted by Gasteiger charge is 2.56. The number of rotatable bonds is 8. The molecule has 29 heavy (non-hydrogen) atoms. The van der Waals surface area contributed by atoms with Crippen LogP contribution in [-0.2, 0) is 18.4 Å². The van der Waals surface area contributed by atoms with Crippen molar-refractivity contribution in [3.63, 3.8) is 0 Å². The number of hydrogen-bond acceptors (Lipinski definition) is 8. The van der Waals surface area contributed by atoms with Crippen molar-refractivity contribution in [2.75, 3.05) is 17.3 Å². The number of fused-ring (bicyclic) bond motifs is 2. The van der Waals surface area contributed by atoms with Gasteiger partial charge in [-0.15, -0.1) is 0 Å². The third-order valence-corrected chi connectivity index (χ3v) is 7.18. The number of aromatic nitrogens is 3. The fourth-order valence-electron chi connectivity index (χ4n) is 3.53. The summed E-state index contributed by atoms with van der Waals surface area (Å²) in [5.74, 6) is -0.301. The largest absolute Gasteiger partial charge is 0.347 e. The van der Waals surface area contributed by atoms with Gasteiger partial charge in [-0.25, -0.2) is 4.98 Å². The van der Waals surface area contributed by atoms with Gasteiger partial charge >= 0.3 is 0 Å². The standard InChI is InChI=1S/C15H19BClI2N4O4PS/c1-15(2)26-9-7(4-24-29-5-16)25-13(10(9)27-15)23-3-6(18)8-11(17)20-14(22-28-19)21-12(8)23/h3,7,9-10,13,28H,4-5,16H2,1-2H3,(H,20,21,22)/i16TD. The van der Waals surface area contributed by atoms with E-state index in [4.69, 9.17) is 32.7 Å². The van der Waals surface area contributed by atoms with Crippen molar-refractivity contribution in [2.45, 2.75) is 44.2 Å². The van der Waals surface area contributed by atoms with E-state index in [2.05, 4.69) is 59.7 Å². The topological polar surface area (TPSA) is 79.7 Å². The van der Waals surface area contributed by atoms with Gasteiger partial charge in [0.05, 0.1) is 12.0 Å². The van der Waals surface area contributed by atoms with Gasteiger partial charge in [-0.2, -0.15) is 4.98 Å². The molecule has 1 N–H and O–H groups in total. The van der Waals surface area contributed by atoms with Gasteiger partial charge in [0, 0.05) is 16.1 Å². The molecular weight excluding hydrogens is 663 g/mol. The quantitative estimate of drug-likeness (QED) is 0.113. The lowest BCUT2D eigenvalue weighted by Gasteiger charge is -2.25. The SMILES string of the molecule is [2H]B([3H])CSOCC1OC(n2cc(I)c3c(Cl)nc(NPI)nc32)C2OC(C)(C)OC12. The third kappa shape index (κ3) is 4.66. The third-order valence-electron chi connectivity index (χ3n) is 4.52. The van der Waals surface area contributed by atoms with Crippen LogP contribution in [0.2, 0.25) is 5.15 Å². The van der Waals surface area contributed by atoms with E-state index in [1.807, 2.05) is 24.6 Å². The summed E-state index contributed by atoms with van der Waals surface area (Å²) in [4.78, 5) is 9.00. The minimum atomic E-state index is -0.941. The summed E-state index contributed by atoms with van der Waals surface area (Å²) in [6.45, 7) is 4.00. The van der Waals surface area contributed by atoms with E-state index in [9.17, 15) is 0 Å². The van der Waals surface area contributed by atoms with Crippen molar-refractivity contribution >= 4 is 99.4 Å². The lowest BCUT2D eigenvalue weighted by molar-refractivity contribution is -0.198. The van der Waals surface area contributed by atoms with Crippen molar-refractivity contribution in [3.05, 3.63) is 14.9 Å². The number of hydrogen-bond donors (Lipinski definition) is 1. The van der Waals surface area contributed by atoms with Gasteiger partial charge in [0.25, 0.3) is 0 Å². The Hall–Kier alpha value is 0.855. The van der Waals surface area contributed by atoms with Crippen LogP contribution in [0.15, 0.2) is 6.20 Å². The van der Waals surface area contributed by atoms with Crippen LogP contribution in [0.1, 0.15) is 20.1 Å². The molecule has 2 aliphatic rings. The van der Waals surface area contributed by atoms with Crippen LogP contribution in [-0.4, -0.2) is 61.3 Å². The Bertz CT molecular complexity index is 967. The lowest BCUT2D eigenvalue weighted by atomic mass is 10.1. The maximum atomic E-state index is 7.28. The van der Waals surface area contributed by atoms with Crippen molar-refractivity contribution < 1.29 is 18.4 Å². The minimum Gasteiger partial charge on any atom is -0.347 e. The molecule has 8 nitrogen and oxygen atoms in total. The second-order valence-corrected chi connectivity index (χ2v) is 11.2. The summed E-state index contributed by atoms with van der Waals surface area (Å²) >= 11 is 12.0. The highest BCUT2D eigenvalue weighted by molar-refractivity contribution is 14.2. The molecule has 2 aromatic heterocycles. The van der Waals surface area contributed by atoms with Gasteiger partial charge in [-0.3, -0.25) is 0 Å². The van der Waals surface area contributed by atoms with Crippen molar-refractivity contribution in [1.82, 2.24) is 14.5 Å². The highest BCUT2D eigenvalue weighted by atomic mass is 127. The maximum Gasteiger partial charge on any atom is 0.229 e. The van der Waals surface area contributed by atoms with Gasteiger partial charge in [0.2, 0.25) is 5.95 Å². The fraction of sp³-hybridized carbons (Fsp3) is 0.600. The van der Waals surface area contributed by atoms with E-state index in [-0.39, 0.29) is 30.6 Å². The van der Waals surface area contributed by atoms with Crippen molar-refractivity contribution in [1.29, 1.82) is 2.67 Å². The van der Waals surface area contributed by atoms with Gasteiger partial charge in [-0.05, 0) is 78.8 Å². The minimum absolute atomic E-state index is 0.253. The monoisotopic (exact) mass is 685 g/mol. The second kappa shape index (κ2) is 9.38. The summed E-state index contributed by atoms with van der Waals surface area (Å²) < 4.78 is 41.6. The smallest absolute Gasteiger partial charge is 0.229 e. The zero-order valence-electron chi connectivity index (χ0n) is 17.4. The summed E-state index contributed by atoms with van der Waals surface area (Å²) in [6.07, 6.45) is 0.779. The van der Waals surface area contributed by atoms with E-state index in [0.29, 0.717) is 23.1 Å². The lowest BCUT2D eigenvalue weighted by Crippen LogP contribution is -2.32. The Morgan fingerprint density at radius 3 is 3.10 bits per heavy atom. The molecule has 2 fully saturated rings. The predicted octanol–water partition coefficient (Wildman–Crippen LogP) is 3.72. The van der Waals surface area contributed by atoms with Gasteiger partial charge in [0.15, 0.2) is 12.0 Å². The molecule has 4 rings (SSSR count). The van der Waals surface area contributed by atoms with Crippen LogP contribution in [0, 0.1) is 3.57 Å². The molecule has 0 radical (unpaired) electrons. The van der Waals surface area contributed by atoms with Crippen LogP contribution in [0.3, 0.4) is 0 Å². The van der Waals surface area contributed by atoms with Crippen LogP contribution in [0.5, 0.6) is 0 Å². The van der Waals surface area contributed by atoms with Gasteiger partial charge in [-0.1, -0.05) is 11.6 Å². The van der Waals surface area contributed by atoms with Crippen LogP contribution in [0.25, 0.3) is 11.0 Å². The molecule has 0 saturated carbocycles. The molecule has 0 bridgehead atoms. The molecule has 158 valence electrons. The summed E-state index contributed by atoms with van der Waals surface area (Å²) in [5.41, 5.74) is 0.914. The number of nitrogens with one attached hydrogen (secondary N) is 1. The Morgan fingerprint density at radius 2 is 2.34 bits per heavy atom. The number of anilines is 1. The zero-order valence-corrected chi connectivity index (χ0v) is 22.3. The highest BCUT2D eigenvalue weighted by Crippen LogP contribution is 2.45. The average Bonchev–Trinajstić information content (AvgIpc) is 3.28. The average molecular weight is 685 g/mol. The number of ether oxygens (including phenoxy) is 3. The molecular formula is C15H19BClI2N4O4PS. The van der Waals surface area contributed by atoms with E-state index in [1.165, 1.54) is 0 Å². The second-order valence-electron chi connectivity index (χ2n) is 6.84. The first-order chi connectivity index (χ1) is 14.7. The van der Waals surface area contributed by atoms with E-state index in [1.54, 1.807) is 0 Å². The van der Waals surface area contributed by atoms with Gasteiger partial charge < -0.3 is 28.0 Å². The first kappa shape index (κ1) is 20.5. The molecule has 0 aromatic carbocycles. The van der Waals surface area contributed by atoms with Crippen LogP contribution >= 0.6 is 74.6 Å². The fourth-order valence-corrected chi connectivity index (χ4v) is 6.00. The molecule has 0 aliphatic carbocycles. The van der Waals surface area contributed by atoms with Crippen molar-refractivity contribution in [2.24, 2.45) is 0 Å².